The molecule has 0 atom stereocenters. The lowest BCUT2D eigenvalue weighted by molar-refractivity contribution is 0.0951. The van der Waals surface area contributed by atoms with E-state index in [9.17, 15) is 9.18 Å². The first-order valence-electron chi connectivity index (χ1n) is 6.11. The van der Waals surface area contributed by atoms with E-state index in [1.54, 1.807) is 6.07 Å². The van der Waals surface area contributed by atoms with Crippen LogP contribution in [0.5, 0.6) is 0 Å². The maximum atomic E-state index is 13.2. The van der Waals surface area contributed by atoms with E-state index in [-0.39, 0.29) is 12.5 Å². The van der Waals surface area contributed by atoms with Crippen LogP contribution in [-0.4, -0.2) is 12.5 Å². The second kappa shape index (κ2) is 7.23. The summed E-state index contributed by atoms with van der Waals surface area (Å²) < 4.78 is 13.9. The lowest BCUT2D eigenvalue weighted by Gasteiger charge is -2.06. The van der Waals surface area contributed by atoms with Gasteiger partial charge in [0.1, 0.15) is 5.82 Å². The van der Waals surface area contributed by atoms with E-state index in [1.165, 1.54) is 29.5 Å². The average Bonchev–Trinajstić information content (AvgIpc) is 2.88. The van der Waals surface area contributed by atoms with E-state index in [1.807, 2.05) is 6.07 Å². The number of rotatable bonds is 3. The van der Waals surface area contributed by atoms with Gasteiger partial charge in [0, 0.05) is 10.4 Å². The second-order valence-corrected chi connectivity index (χ2v) is 5.88. The van der Waals surface area contributed by atoms with Crippen molar-refractivity contribution < 1.29 is 9.18 Å². The second-order valence-electron chi connectivity index (χ2n) is 4.08. The molecule has 0 aliphatic rings. The Balaban J connectivity index is 2.14. The minimum atomic E-state index is -0.446. The number of carbonyl (C=O) groups is 1. The summed E-state index contributed by atoms with van der Waals surface area (Å²) in [6, 6.07) is 7.47. The maximum Gasteiger partial charge on any atom is 0.252 e. The Kier molecular flexibility index (Phi) is 5.34. The predicted octanol–water partition coefficient (Wildman–Crippen LogP) is 2.78. The molecule has 0 saturated heterocycles. The van der Waals surface area contributed by atoms with Crippen LogP contribution in [0.4, 0.5) is 4.39 Å². The molecule has 0 fully saturated rings. The molecule has 1 aromatic heterocycles. The van der Waals surface area contributed by atoms with Gasteiger partial charge in [0.15, 0.2) is 0 Å². The topological polar surface area (TPSA) is 55.1 Å². The third kappa shape index (κ3) is 4.30. The Bertz CT molecular complexity index is 718. The number of amides is 1. The quantitative estimate of drug-likeness (QED) is 0.854. The highest BCUT2D eigenvalue weighted by molar-refractivity contribution is 7.16. The van der Waals surface area contributed by atoms with Crippen LogP contribution in [0, 0.1) is 17.7 Å². The van der Waals surface area contributed by atoms with Crippen molar-refractivity contribution in [2.45, 2.75) is 6.54 Å². The van der Waals surface area contributed by atoms with Gasteiger partial charge in [-0.15, -0.1) is 11.3 Å². The van der Waals surface area contributed by atoms with Crippen molar-refractivity contribution in [2.24, 2.45) is 5.73 Å². The molecule has 2 aromatic rings. The predicted molar refractivity (Wildman–Crippen MR) is 82.8 cm³/mol. The molecular weight excluding hydrogens is 311 g/mol. The smallest absolute Gasteiger partial charge is 0.252 e. The average molecular weight is 323 g/mol. The summed E-state index contributed by atoms with van der Waals surface area (Å²) in [6.07, 6.45) is 0. The van der Waals surface area contributed by atoms with Crippen LogP contribution in [0.3, 0.4) is 0 Å². The highest BCUT2D eigenvalue weighted by Gasteiger charge is 2.11. The van der Waals surface area contributed by atoms with E-state index in [4.69, 9.17) is 17.3 Å². The van der Waals surface area contributed by atoms with Crippen LogP contribution in [0.1, 0.15) is 20.8 Å². The van der Waals surface area contributed by atoms with Crippen LogP contribution in [0.15, 0.2) is 30.3 Å². The molecule has 0 spiro atoms. The summed E-state index contributed by atoms with van der Waals surface area (Å²) >= 11 is 7.22. The van der Waals surface area contributed by atoms with Gasteiger partial charge in [0.05, 0.1) is 23.0 Å². The van der Waals surface area contributed by atoms with Crippen molar-refractivity contribution in [3.8, 4) is 11.8 Å². The summed E-state index contributed by atoms with van der Waals surface area (Å²) in [5, 5.41) is 2.76. The van der Waals surface area contributed by atoms with Crippen molar-refractivity contribution in [3.63, 3.8) is 0 Å². The Morgan fingerprint density at radius 1 is 1.38 bits per heavy atom. The van der Waals surface area contributed by atoms with Gasteiger partial charge >= 0.3 is 0 Å². The van der Waals surface area contributed by atoms with Crippen molar-refractivity contribution in [3.05, 3.63) is 56.5 Å². The van der Waals surface area contributed by atoms with Gasteiger partial charge in [0.2, 0.25) is 0 Å². The molecule has 0 unspecified atom stereocenters. The minimum Gasteiger partial charge on any atom is -0.347 e. The monoisotopic (exact) mass is 322 g/mol. The zero-order valence-corrected chi connectivity index (χ0v) is 12.5. The fourth-order valence-electron chi connectivity index (χ4n) is 1.67. The summed E-state index contributed by atoms with van der Waals surface area (Å²) in [7, 11) is 0. The first kappa shape index (κ1) is 15.5. The van der Waals surface area contributed by atoms with Gasteiger partial charge in [0.25, 0.3) is 5.91 Å². The van der Waals surface area contributed by atoms with Gasteiger partial charge in [-0.25, -0.2) is 4.39 Å². The van der Waals surface area contributed by atoms with Crippen molar-refractivity contribution >= 4 is 28.8 Å². The SMILES string of the molecule is NCC#Cc1cc(F)ccc1C(=O)NCc1ccc(Cl)s1. The first-order valence-corrected chi connectivity index (χ1v) is 7.30. The fraction of sp³-hybridized carbons (Fsp3) is 0.133. The van der Waals surface area contributed by atoms with Crippen LogP contribution in [-0.2, 0) is 6.54 Å². The number of benzene rings is 1. The van der Waals surface area contributed by atoms with Crippen LogP contribution >= 0.6 is 22.9 Å². The molecule has 6 heteroatoms. The number of thiophene rings is 1. The number of hydrogen-bond donors (Lipinski definition) is 2. The molecule has 0 aliphatic carbocycles. The number of halogens is 2. The first-order chi connectivity index (χ1) is 10.1. The fourth-order valence-corrected chi connectivity index (χ4v) is 2.70. The molecule has 1 amide bonds. The van der Waals surface area contributed by atoms with Crippen molar-refractivity contribution in [2.75, 3.05) is 6.54 Å². The summed E-state index contributed by atoms with van der Waals surface area (Å²) in [5.74, 6) is 4.56. The highest BCUT2D eigenvalue weighted by Crippen LogP contribution is 2.21. The Morgan fingerprint density at radius 3 is 2.86 bits per heavy atom. The van der Waals surface area contributed by atoms with Crippen molar-refractivity contribution in [1.29, 1.82) is 0 Å². The molecule has 0 aliphatic heterocycles. The van der Waals surface area contributed by atoms with Crippen LogP contribution < -0.4 is 11.1 Å². The summed E-state index contributed by atoms with van der Waals surface area (Å²) in [6.45, 7) is 0.503. The van der Waals surface area contributed by atoms with Gasteiger partial charge < -0.3 is 11.1 Å². The molecular formula is C15H12ClFN2OS. The molecule has 1 heterocycles. The lowest BCUT2D eigenvalue weighted by atomic mass is 10.1. The lowest BCUT2D eigenvalue weighted by Crippen LogP contribution is -2.23. The summed E-state index contributed by atoms with van der Waals surface area (Å²) in [5.41, 5.74) is 5.94. The van der Waals surface area contributed by atoms with E-state index >= 15 is 0 Å². The molecule has 3 N–H and O–H groups in total. The summed E-state index contributed by atoms with van der Waals surface area (Å²) in [4.78, 5) is 13.1. The third-order valence-electron chi connectivity index (χ3n) is 2.60. The van der Waals surface area contributed by atoms with Gasteiger partial charge in [-0.3, -0.25) is 4.79 Å². The number of nitrogens with one attached hydrogen (secondary N) is 1. The zero-order valence-electron chi connectivity index (χ0n) is 11.0. The number of hydrogen-bond acceptors (Lipinski definition) is 3. The van der Waals surface area contributed by atoms with Gasteiger partial charge in [-0.2, -0.15) is 0 Å². The molecule has 21 heavy (non-hydrogen) atoms. The van der Waals surface area contributed by atoms with Gasteiger partial charge in [-0.05, 0) is 30.3 Å². The van der Waals surface area contributed by atoms with Crippen LogP contribution in [0.2, 0.25) is 4.34 Å². The largest absolute Gasteiger partial charge is 0.347 e. The molecule has 0 radical (unpaired) electrons. The Labute approximate surface area is 130 Å². The molecule has 1 aromatic carbocycles. The molecule has 0 bridgehead atoms. The van der Waals surface area contributed by atoms with Crippen molar-refractivity contribution in [1.82, 2.24) is 5.32 Å². The zero-order chi connectivity index (χ0) is 15.2. The highest BCUT2D eigenvalue weighted by atomic mass is 35.5. The Morgan fingerprint density at radius 2 is 2.19 bits per heavy atom. The van der Waals surface area contributed by atoms with E-state index in [0.29, 0.717) is 22.0 Å². The number of nitrogens with two attached hydrogens (primary N) is 1. The van der Waals surface area contributed by atoms with Crippen LogP contribution in [0.25, 0.3) is 0 Å². The molecule has 0 saturated carbocycles. The minimum absolute atomic E-state index is 0.144. The Hall–Kier alpha value is -1.87. The standard InChI is InChI=1S/C15H12ClFN2OS/c16-14-6-4-12(21-14)9-19-15(20)13-5-3-11(17)8-10(13)2-1-7-18/h3-6,8H,7,9,18H2,(H,19,20). The third-order valence-corrected chi connectivity index (χ3v) is 3.83. The molecule has 108 valence electrons. The molecule has 3 nitrogen and oxygen atoms in total. The normalized spacial score (nSPS) is 9.86. The van der Waals surface area contributed by atoms with E-state index in [2.05, 4.69) is 17.2 Å². The van der Waals surface area contributed by atoms with Gasteiger partial charge in [-0.1, -0.05) is 23.4 Å². The number of carbonyl (C=O) groups excluding carboxylic acids is 1. The van der Waals surface area contributed by atoms with E-state index in [0.717, 1.165) is 4.88 Å². The molecule has 2 rings (SSSR count). The maximum absolute atomic E-state index is 13.2. The van der Waals surface area contributed by atoms with E-state index < -0.39 is 5.82 Å².